The summed E-state index contributed by atoms with van der Waals surface area (Å²) < 4.78 is 0. The van der Waals surface area contributed by atoms with Crippen molar-refractivity contribution in [2.75, 3.05) is 19.6 Å². The number of para-hydroxylation sites is 1. The quantitative estimate of drug-likeness (QED) is 0.888. The molecule has 1 aromatic heterocycles. The third-order valence-corrected chi connectivity index (χ3v) is 5.22. The standard InChI is InChI=1S/C17H21N3O/c1-2-16-13-8-18-7-11(13)10-20(16)17(21)14-9-19-15-6-4-3-5-12(14)15/h3-6,9,11,13,16,18-19H,2,7-8,10H2,1H3. The van der Waals surface area contributed by atoms with E-state index in [4.69, 9.17) is 0 Å². The number of hydrogen-bond acceptors (Lipinski definition) is 2. The smallest absolute Gasteiger partial charge is 0.256 e. The minimum Gasteiger partial charge on any atom is -0.360 e. The van der Waals surface area contributed by atoms with Crippen LogP contribution >= 0.6 is 0 Å². The number of carbonyl (C=O) groups is 1. The second-order valence-corrected chi connectivity index (χ2v) is 6.26. The number of benzene rings is 1. The SMILES string of the molecule is CCC1C2CNCC2CN1C(=O)c1c[nH]c2ccccc12. The third kappa shape index (κ3) is 1.89. The molecule has 2 fully saturated rings. The van der Waals surface area contributed by atoms with Crippen LogP contribution in [0.5, 0.6) is 0 Å². The number of carbonyl (C=O) groups excluding carboxylic acids is 1. The van der Waals surface area contributed by atoms with Crippen molar-refractivity contribution in [3.63, 3.8) is 0 Å². The fourth-order valence-electron chi connectivity index (χ4n) is 4.18. The summed E-state index contributed by atoms with van der Waals surface area (Å²) in [7, 11) is 0. The number of likely N-dealkylation sites (tertiary alicyclic amines) is 1. The highest BCUT2D eigenvalue weighted by atomic mass is 16.2. The molecular weight excluding hydrogens is 262 g/mol. The van der Waals surface area contributed by atoms with Crippen molar-refractivity contribution in [2.45, 2.75) is 19.4 Å². The molecule has 2 aliphatic heterocycles. The Kier molecular flexibility index (Phi) is 3.00. The van der Waals surface area contributed by atoms with Crippen LogP contribution in [0.4, 0.5) is 0 Å². The Morgan fingerprint density at radius 3 is 3.05 bits per heavy atom. The van der Waals surface area contributed by atoms with E-state index in [2.05, 4.69) is 22.1 Å². The van der Waals surface area contributed by atoms with Crippen LogP contribution in [0.2, 0.25) is 0 Å². The molecule has 3 unspecified atom stereocenters. The molecule has 0 bridgehead atoms. The molecule has 2 aliphatic rings. The van der Waals surface area contributed by atoms with Gasteiger partial charge < -0.3 is 15.2 Å². The van der Waals surface area contributed by atoms with E-state index in [9.17, 15) is 4.79 Å². The van der Waals surface area contributed by atoms with Crippen LogP contribution in [0.3, 0.4) is 0 Å². The lowest BCUT2D eigenvalue weighted by molar-refractivity contribution is 0.0713. The van der Waals surface area contributed by atoms with Gasteiger partial charge in [0.25, 0.3) is 5.91 Å². The van der Waals surface area contributed by atoms with Gasteiger partial charge in [-0.1, -0.05) is 25.1 Å². The molecule has 4 rings (SSSR count). The summed E-state index contributed by atoms with van der Waals surface area (Å²) in [5, 5.41) is 4.50. The maximum Gasteiger partial charge on any atom is 0.256 e. The molecule has 0 saturated carbocycles. The predicted molar refractivity (Wildman–Crippen MR) is 83.3 cm³/mol. The van der Waals surface area contributed by atoms with Gasteiger partial charge in [0.1, 0.15) is 0 Å². The first-order valence-corrected chi connectivity index (χ1v) is 7.87. The number of nitrogens with one attached hydrogen (secondary N) is 2. The molecule has 0 radical (unpaired) electrons. The van der Waals surface area contributed by atoms with E-state index >= 15 is 0 Å². The Morgan fingerprint density at radius 2 is 2.19 bits per heavy atom. The van der Waals surface area contributed by atoms with Crippen LogP contribution in [0, 0.1) is 11.8 Å². The van der Waals surface area contributed by atoms with E-state index in [0.717, 1.165) is 42.5 Å². The average Bonchev–Trinajstić information content (AvgIpc) is 3.19. The Hall–Kier alpha value is -1.81. The summed E-state index contributed by atoms with van der Waals surface area (Å²) in [6, 6.07) is 8.41. The molecule has 0 aliphatic carbocycles. The van der Waals surface area contributed by atoms with Gasteiger partial charge >= 0.3 is 0 Å². The summed E-state index contributed by atoms with van der Waals surface area (Å²) in [6.07, 6.45) is 2.91. The van der Waals surface area contributed by atoms with E-state index in [1.807, 2.05) is 30.5 Å². The van der Waals surface area contributed by atoms with Crippen LogP contribution in [0.1, 0.15) is 23.7 Å². The fourth-order valence-corrected chi connectivity index (χ4v) is 4.18. The highest BCUT2D eigenvalue weighted by Gasteiger charge is 2.45. The maximum atomic E-state index is 13.0. The van der Waals surface area contributed by atoms with Gasteiger partial charge in [0, 0.05) is 42.8 Å². The second-order valence-electron chi connectivity index (χ2n) is 6.26. The zero-order valence-corrected chi connectivity index (χ0v) is 12.3. The molecule has 3 atom stereocenters. The number of H-pyrrole nitrogens is 1. The predicted octanol–water partition coefficient (Wildman–Crippen LogP) is 2.24. The number of nitrogens with zero attached hydrogens (tertiary/aromatic N) is 1. The molecule has 21 heavy (non-hydrogen) atoms. The van der Waals surface area contributed by atoms with Crippen molar-refractivity contribution in [1.29, 1.82) is 0 Å². The molecule has 3 heterocycles. The van der Waals surface area contributed by atoms with Crippen molar-refractivity contribution in [2.24, 2.45) is 11.8 Å². The second kappa shape index (κ2) is 4.88. The van der Waals surface area contributed by atoms with Crippen LogP contribution in [0.25, 0.3) is 10.9 Å². The Balaban J connectivity index is 1.68. The number of aromatic nitrogens is 1. The van der Waals surface area contributed by atoms with Crippen molar-refractivity contribution in [3.05, 3.63) is 36.0 Å². The molecule has 2 N–H and O–H groups in total. The number of rotatable bonds is 2. The van der Waals surface area contributed by atoms with Crippen LogP contribution in [-0.2, 0) is 0 Å². The molecule has 4 heteroatoms. The Labute approximate surface area is 124 Å². The van der Waals surface area contributed by atoms with Crippen LogP contribution in [-0.4, -0.2) is 41.5 Å². The summed E-state index contributed by atoms with van der Waals surface area (Å²) >= 11 is 0. The lowest BCUT2D eigenvalue weighted by Crippen LogP contribution is -2.39. The van der Waals surface area contributed by atoms with E-state index in [1.54, 1.807) is 0 Å². The van der Waals surface area contributed by atoms with Crippen molar-refractivity contribution < 1.29 is 4.79 Å². The topological polar surface area (TPSA) is 48.1 Å². The number of amides is 1. The summed E-state index contributed by atoms with van der Waals surface area (Å²) in [6.45, 7) is 5.20. The first-order chi connectivity index (χ1) is 10.3. The molecule has 110 valence electrons. The monoisotopic (exact) mass is 283 g/mol. The molecular formula is C17H21N3O. The maximum absolute atomic E-state index is 13.0. The average molecular weight is 283 g/mol. The van der Waals surface area contributed by atoms with Gasteiger partial charge in [-0.05, 0) is 24.3 Å². The number of aromatic amines is 1. The first-order valence-electron chi connectivity index (χ1n) is 7.87. The van der Waals surface area contributed by atoms with Crippen LogP contribution < -0.4 is 5.32 Å². The van der Waals surface area contributed by atoms with Crippen molar-refractivity contribution in [3.8, 4) is 0 Å². The molecule has 2 saturated heterocycles. The molecule has 1 aromatic carbocycles. The highest BCUT2D eigenvalue weighted by molar-refractivity contribution is 6.06. The minimum absolute atomic E-state index is 0.189. The van der Waals surface area contributed by atoms with E-state index < -0.39 is 0 Å². The zero-order valence-electron chi connectivity index (χ0n) is 12.3. The largest absolute Gasteiger partial charge is 0.360 e. The summed E-state index contributed by atoms with van der Waals surface area (Å²) in [5.41, 5.74) is 1.85. The number of hydrogen-bond donors (Lipinski definition) is 2. The van der Waals surface area contributed by atoms with E-state index in [1.165, 1.54) is 0 Å². The summed E-state index contributed by atoms with van der Waals surface area (Å²) in [4.78, 5) is 18.3. The molecule has 2 aromatic rings. The van der Waals surface area contributed by atoms with Crippen LogP contribution in [0.15, 0.2) is 30.5 Å². The molecule has 0 spiro atoms. The molecule has 1 amide bonds. The minimum atomic E-state index is 0.189. The lowest BCUT2D eigenvalue weighted by atomic mass is 9.93. The van der Waals surface area contributed by atoms with Crippen molar-refractivity contribution in [1.82, 2.24) is 15.2 Å². The van der Waals surface area contributed by atoms with Gasteiger partial charge in [-0.2, -0.15) is 0 Å². The van der Waals surface area contributed by atoms with Gasteiger partial charge in [0.2, 0.25) is 0 Å². The highest BCUT2D eigenvalue weighted by Crippen LogP contribution is 2.35. The Bertz CT molecular complexity index is 677. The normalized spacial score (nSPS) is 28.2. The number of fused-ring (bicyclic) bond motifs is 2. The van der Waals surface area contributed by atoms with Gasteiger partial charge in [0.05, 0.1) is 5.56 Å². The van der Waals surface area contributed by atoms with E-state index in [0.29, 0.717) is 17.9 Å². The third-order valence-electron chi connectivity index (χ3n) is 5.22. The lowest BCUT2D eigenvalue weighted by Gasteiger charge is -2.26. The Morgan fingerprint density at radius 1 is 1.33 bits per heavy atom. The molecule has 4 nitrogen and oxygen atoms in total. The van der Waals surface area contributed by atoms with Gasteiger partial charge in [0.15, 0.2) is 0 Å². The zero-order chi connectivity index (χ0) is 14.4. The summed E-state index contributed by atoms with van der Waals surface area (Å²) in [5.74, 6) is 1.45. The van der Waals surface area contributed by atoms with Gasteiger partial charge in [-0.3, -0.25) is 4.79 Å². The first kappa shape index (κ1) is 12.9. The van der Waals surface area contributed by atoms with Crippen molar-refractivity contribution >= 4 is 16.8 Å². The van der Waals surface area contributed by atoms with Gasteiger partial charge in [-0.15, -0.1) is 0 Å². The fraction of sp³-hybridized carbons (Fsp3) is 0.471. The van der Waals surface area contributed by atoms with E-state index in [-0.39, 0.29) is 5.91 Å². The van der Waals surface area contributed by atoms with Gasteiger partial charge in [-0.25, -0.2) is 0 Å².